The maximum absolute atomic E-state index is 12.6. The second-order valence-corrected chi connectivity index (χ2v) is 6.08. The maximum atomic E-state index is 12.6. The fourth-order valence-electron chi connectivity index (χ4n) is 2.76. The van der Waals surface area contributed by atoms with E-state index in [2.05, 4.69) is 15.0 Å². The molecule has 1 aromatic heterocycles. The summed E-state index contributed by atoms with van der Waals surface area (Å²) in [6.45, 7) is -0.567. The number of benzene rings is 2. The van der Waals surface area contributed by atoms with E-state index in [0.29, 0.717) is 12.1 Å². The number of nitrogens with zero attached hydrogens (tertiary/aromatic N) is 4. The minimum Gasteiger partial charge on any atom is -0.490 e. The predicted molar refractivity (Wildman–Crippen MR) is 98.2 cm³/mol. The van der Waals surface area contributed by atoms with Gasteiger partial charge in [0.05, 0.1) is 12.1 Å². The molecule has 0 saturated heterocycles. The molecule has 3 rings (SSSR count). The number of ether oxygens (including phenoxy) is 2. The van der Waals surface area contributed by atoms with Crippen molar-refractivity contribution in [2.75, 3.05) is 13.7 Å². The molecule has 0 atom stereocenters. The van der Waals surface area contributed by atoms with E-state index in [1.54, 1.807) is 30.8 Å². The zero-order chi connectivity index (χ0) is 20.1. The van der Waals surface area contributed by atoms with Gasteiger partial charge in [-0.05, 0) is 36.8 Å². The Balaban J connectivity index is 1.70. The van der Waals surface area contributed by atoms with Crippen LogP contribution < -0.4 is 9.47 Å². The molecule has 2 aromatic carbocycles. The lowest BCUT2D eigenvalue weighted by molar-refractivity contribution is -0.131. The number of hydrogen-bond donors (Lipinski definition) is 0. The first-order chi connectivity index (χ1) is 13.5. The SMILES string of the molecule is CCOc1cc(CN(C)C(=O)Cn2nnc3ccccc32)ccc1OC(F)F. The van der Waals surface area contributed by atoms with Crippen LogP contribution in [0.4, 0.5) is 8.78 Å². The number of aromatic nitrogens is 3. The molecule has 0 radical (unpaired) electrons. The monoisotopic (exact) mass is 390 g/mol. The first-order valence-electron chi connectivity index (χ1n) is 8.70. The number of hydrogen-bond acceptors (Lipinski definition) is 5. The van der Waals surface area contributed by atoms with E-state index in [1.807, 2.05) is 24.3 Å². The molecule has 1 heterocycles. The summed E-state index contributed by atoms with van der Waals surface area (Å²) in [5.74, 6) is 0.00797. The molecule has 0 fully saturated rings. The summed E-state index contributed by atoms with van der Waals surface area (Å²) < 4.78 is 36.4. The molecule has 7 nitrogen and oxygen atoms in total. The lowest BCUT2D eigenvalue weighted by atomic mass is 10.2. The van der Waals surface area contributed by atoms with Gasteiger partial charge in [-0.1, -0.05) is 23.4 Å². The lowest BCUT2D eigenvalue weighted by Crippen LogP contribution is -2.30. The van der Waals surface area contributed by atoms with Gasteiger partial charge in [0.2, 0.25) is 5.91 Å². The number of halogens is 2. The third kappa shape index (κ3) is 4.54. The fourth-order valence-corrected chi connectivity index (χ4v) is 2.76. The van der Waals surface area contributed by atoms with E-state index in [1.165, 1.54) is 11.0 Å². The topological polar surface area (TPSA) is 69.5 Å². The number of para-hydroxylation sites is 1. The molecule has 0 unspecified atom stereocenters. The third-order valence-electron chi connectivity index (χ3n) is 4.07. The minimum atomic E-state index is -2.94. The molecule has 0 bridgehead atoms. The highest BCUT2D eigenvalue weighted by Gasteiger charge is 2.16. The van der Waals surface area contributed by atoms with Crippen LogP contribution in [-0.2, 0) is 17.9 Å². The summed E-state index contributed by atoms with van der Waals surface area (Å²) in [7, 11) is 1.66. The number of alkyl halides is 2. The largest absolute Gasteiger partial charge is 0.490 e. The highest BCUT2D eigenvalue weighted by molar-refractivity contribution is 5.79. The van der Waals surface area contributed by atoms with Crippen molar-refractivity contribution in [1.82, 2.24) is 19.9 Å². The molecule has 0 aliphatic carbocycles. The molecular formula is C19H20F2N4O3. The summed E-state index contributed by atoms with van der Waals surface area (Å²) in [5, 5.41) is 8.04. The molecule has 148 valence electrons. The molecular weight excluding hydrogens is 370 g/mol. The Labute approximate surface area is 160 Å². The van der Waals surface area contributed by atoms with Crippen molar-refractivity contribution >= 4 is 16.9 Å². The van der Waals surface area contributed by atoms with Crippen molar-refractivity contribution in [2.24, 2.45) is 0 Å². The third-order valence-corrected chi connectivity index (χ3v) is 4.07. The number of fused-ring (bicyclic) bond motifs is 1. The summed E-state index contributed by atoms with van der Waals surface area (Å²) in [6, 6.07) is 12.0. The van der Waals surface area contributed by atoms with E-state index in [4.69, 9.17) is 4.74 Å². The average Bonchev–Trinajstić information content (AvgIpc) is 3.06. The maximum Gasteiger partial charge on any atom is 0.387 e. The smallest absolute Gasteiger partial charge is 0.387 e. The van der Waals surface area contributed by atoms with E-state index in [0.717, 1.165) is 11.1 Å². The van der Waals surface area contributed by atoms with Gasteiger partial charge in [-0.25, -0.2) is 4.68 Å². The highest BCUT2D eigenvalue weighted by atomic mass is 19.3. The van der Waals surface area contributed by atoms with Gasteiger partial charge in [0.1, 0.15) is 12.1 Å². The van der Waals surface area contributed by atoms with Crippen molar-refractivity contribution in [3.05, 3.63) is 48.0 Å². The summed E-state index contributed by atoms with van der Waals surface area (Å²) >= 11 is 0. The number of amides is 1. The predicted octanol–water partition coefficient (Wildman–Crippen LogP) is 3.09. The molecule has 0 saturated carbocycles. The van der Waals surface area contributed by atoms with Gasteiger partial charge in [-0.2, -0.15) is 8.78 Å². The lowest BCUT2D eigenvalue weighted by Gasteiger charge is -2.19. The van der Waals surface area contributed by atoms with Gasteiger partial charge in [0.15, 0.2) is 11.5 Å². The molecule has 0 aliphatic heterocycles. The standard InChI is InChI=1S/C19H20F2N4O3/c1-3-27-17-10-13(8-9-16(17)28-19(20)21)11-24(2)18(26)12-25-15-7-5-4-6-14(15)22-23-25/h4-10,19H,3,11-12H2,1-2H3. The zero-order valence-electron chi connectivity index (χ0n) is 15.5. The van der Waals surface area contributed by atoms with Gasteiger partial charge < -0.3 is 14.4 Å². The number of likely N-dealkylation sites (N-methyl/N-ethyl adjacent to an activating group) is 1. The normalized spacial score (nSPS) is 11.0. The number of carbonyl (C=O) groups is 1. The van der Waals surface area contributed by atoms with E-state index < -0.39 is 6.61 Å². The molecule has 3 aromatic rings. The number of rotatable bonds is 8. The van der Waals surface area contributed by atoms with Crippen molar-refractivity contribution < 1.29 is 23.0 Å². The molecule has 0 N–H and O–H groups in total. The van der Waals surface area contributed by atoms with Crippen LogP contribution in [-0.4, -0.2) is 46.1 Å². The van der Waals surface area contributed by atoms with Crippen molar-refractivity contribution in [2.45, 2.75) is 26.6 Å². The zero-order valence-corrected chi connectivity index (χ0v) is 15.5. The minimum absolute atomic E-state index is 0.0383. The molecule has 28 heavy (non-hydrogen) atoms. The van der Waals surface area contributed by atoms with E-state index in [-0.39, 0.29) is 30.5 Å². The van der Waals surface area contributed by atoms with E-state index >= 15 is 0 Å². The Kier molecular flexibility index (Phi) is 6.03. The van der Waals surface area contributed by atoms with Gasteiger partial charge in [0, 0.05) is 13.6 Å². The van der Waals surface area contributed by atoms with Crippen LogP contribution in [0.3, 0.4) is 0 Å². The molecule has 9 heteroatoms. The van der Waals surface area contributed by atoms with Crippen LogP contribution in [0.1, 0.15) is 12.5 Å². The average molecular weight is 390 g/mol. The Hall–Kier alpha value is -3.23. The van der Waals surface area contributed by atoms with Crippen LogP contribution in [0.15, 0.2) is 42.5 Å². The molecule has 0 spiro atoms. The van der Waals surface area contributed by atoms with Gasteiger partial charge in [-0.3, -0.25) is 4.79 Å². The van der Waals surface area contributed by atoms with Gasteiger partial charge in [-0.15, -0.1) is 5.10 Å². The Morgan fingerprint density at radius 2 is 2.00 bits per heavy atom. The first-order valence-corrected chi connectivity index (χ1v) is 8.70. The van der Waals surface area contributed by atoms with Crippen molar-refractivity contribution in [3.8, 4) is 11.5 Å². The Bertz CT molecular complexity index is 961. The quantitative estimate of drug-likeness (QED) is 0.591. The van der Waals surface area contributed by atoms with Crippen LogP contribution in [0.2, 0.25) is 0 Å². The first kappa shape index (κ1) is 19.5. The summed E-state index contributed by atoms with van der Waals surface area (Å²) in [5.41, 5.74) is 2.22. The Morgan fingerprint density at radius 3 is 2.75 bits per heavy atom. The number of carbonyl (C=O) groups excluding carboxylic acids is 1. The summed E-state index contributed by atoms with van der Waals surface area (Å²) in [6.07, 6.45) is 0. The van der Waals surface area contributed by atoms with Crippen molar-refractivity contribution in [3.63, 3.8) is 0 Å². The van der Waals surface area contributed by atoms with E-state index in [9.17, 15) is 13.6 Å². The molecule has 1 amide bonds. The second-order valence-electron chi connectivity index (χ2n) is 6.08. The van der Waals surface area contributed by atoms with Crippen LogP contribution in [0.5, 0.6) is 11.5 Å². The highest BCUT2D eigenvalue weighted by Crippen LogP contribution is 2.30. The van der Waals surface area contributed by atoms with Gasteiger partial charge >= 0.3 is 6.61 Å². The van der Waals surface area contributed by atoms with Crippen LogP contribution in [0.25, 0.3) is 11.0 Å². The van der Waals surface area contributed by atoms with Crippen LogP contribution >= 0.6 is 0 Å². The Morgan fingerprint density at radius 1 is 1.21 bits per heavy atom. The van der Waals surface area contributed by atoms with Crippen molar-refractivity contribution in [1.29, 1.82) is 0 Å². The van der Waals surface area contributed by atoms with Gasteiger partial charge in [0.25, 0.3) is 0 Å². The second kappa shape index (κ2) is 8.64. The molecule has 0 aliphatic rings. The van der Waals surface area contributed by atoms with Crippen LogP contribution in [0, 0.1) is 0 Å². The summed E-state index contributed by atoms with van der Waals surface area (Å²) in [4.78, 5) is 14.1. The fraction of sp³-hybridized carbons (Fsp3) is 0.316.